The van der Waals surface area contributed by atoms with Crippen molar-refractivity contribution in [2.24, 2.45) is 0 Å². The van der Waals surface area contributed by atoms with E-state index in [2.05, 4.69) is 5.32 Å². The molecule has 0 atom stereocenters. The second-order valence-corrected chi connectivity index (χ2v) is 2.77. The van der Waals surface area contributed by atoms with Gasteiger partial charge in [0.25, 0.3) is 0 Å². The zero-order chi connectivity index (χ0) is 10.8. The van der Waals surface area contributed by atoms with Crippen molar-refractivity contribution >= 4 is 0 Å². The quantitative estimate of drug-likeness (QED) is 0.659. The average molecular weight is 206 g/mol. The number of hydrogen-bond acceptors (Lipinski definition) is 0. The molecule has 0 saturated carbocycles. The van der Waals surface area contributed by atoms with Gasteiger partial charge in [-0.3, -0.25) is 0 Å². The number of rotatable bonds is 2. The lowest BCUT2D eigenvalue weighted by atomic mass is 10.1. The first kappa shape index (κ1) is 11.0. The van der Waals surface area contributed by atoms with Crippen LogP contribution in [0, 0.1) is 5.82 Å². The molecule has 0 heterocycles. The van der Waals surface area contributed by atoms with Gasteiger partial charge in [0.15, 0.2) is 0 Å². The molecule has 0 unspecified atom stereocenters. The molecule has 0 aliphatic heterocycles. The molecule has 5 heteroatoms. The van der Waals surface area contributed by atoms with E-state index in [0.29, 0.717) is 0 Å². The largest absolute Gasteiger partial charge is 0.661 e. The van der Waals surface area contributed by atoms with Crippen molar-refractivity contribution in [1.29, 1.82) is 0 Å². The van der Waals surface area contributed by atoms with E-state index in [1.807, 2.05) is 0 Å². The first-order chi connectivity index (χ1) is 6.45. The first-order valence-electron chi connectivity index (χ1n) is 3.86. The van der Waals surface area contributed by atoms with E-state index in [0.717, 1.165) is 18.2 Å². The van der Waals surface area contributed by atoms with E-state index in [9.17, 15) is 17.6 Å². The SMILES string of the molecule is C[N-]Cc1cc(F)ccc1C(F)(F)F. The molecule has 0 aliphatic carbocycles. The van der Waals surface area contributed by atoms with Crippen molar-refractivity contribution in [3.05, 3.63) is 40.5 Å². The Kier molecular flexibility index (Phi) is 3.10. The van der Waals surface area contributed by atoms with E-state index in [-0.39, 0.29) is 12.1 Å². The fourth-order valence-corrected chi connectivity index (χ4v) is 1.14. The van der Waals surface area contributed by atoms with Gasteiger partial charge in [-0.1, -0.05) is 5.56 Å². The van der Waals surface area contributed by atoms with Crippen molar-refractivity contribution in [1.82, 2.24) is 0 Å². The normalized spacial score (nSPS) is 11.8. The first-order valence-corrected chi connectivity index (χ1v) is 3.86. The summed E-state index contributed by atoms with van der Waals surface area (Å²) < 4.78 is 49.7. The Labute approximate surface area is 78.7 Å². The van der Waals surface area contributed by atoms with Gasteiger partial charge >= 0.3 is 6.18 Å². The zero-order valence-corrected chi connectivity index (χ0v) is 7.40. The van der Waals surface area contributed by atoms with Gasteiger partial charge in [-0.05, 0) is 18.2 Å². The summed E-state index contributed by atoms with van der Waals surface area (Å²) in [7, 11) is 1.38. The Bertz CT molecular complexity index is 319. The lowest BCUT2D eigenvalue weighted by molar-refractivity contribution is -0.138. The third-order valence-corrected chi connectivity index (χ3v) is 1.70. The van der Waals surface area contributed by atoms with Crippen LogP contribution in [0.1, 0.15) is 11.1 Å². The maximum absolute atomic E-state index is 12.6. The molecule has 0 aromatic heterocycles. The molecule has 0 bridgehead atoms. The van der Waals surface area contributed by atoms with E-state index in [4.69, 9.17) is 0 Å². The van der Waals surface area contributed by atoms with Gasteiger partial charge in [-0.15, -0.1) is 6.54 Å². The monoisotopic (exact) mass is 206 g/mol. The molecule has 0 fully saturated rings. The van der Waals surface area contributed by atoms with Gasteiger partial charge in [0.05, 0.1) is 5.56 Å². The highest BCUT2D eigenvalue weighted by atomic mass is 19.4. The van der Waals surface area contributed by atoms with Crippen LogP contribution in [0.25, 0.3) is 5.32 Å². The van der Waals surface area contributed by atoms with Crippen LogP contribution in [0.5, 0.6) is 0 Å². The predicted octanol–water partition coefficient (Wildman–Crippen LogP) is 3.35. The summed E-state index contributed by atoms with van der Waals surface area (Å²) in [5, 5.41) is 3.55. The second kappa shape index (κ2) is 3.96. The zero-order valence-electron chi connectivity index (χ0n) is 7.40. The van der Waals surface area contributed by atoms with Gasteiger partial charge in [-0.25, -0.2) is 4.39 Å². The fraction of sp³-hybridized carbons (Fsp3) is 0.333. The Morgan fingerprint density at radius 1 is 1.29 bits per heavy atom. The predicted molar refractivity (Wildman–Crippen MR) is 44.4 cm³/mol. The minimum atomic E-state index is -4.45. The Morgan fingerprint density at radius 2 is 1.93 bits per heavy atom. The van der Waals surface area contributed by atoms with Gasteiger partial charge in [0, 0.05) is 0 Å². The highest BCUT2D eigenvalue weighted by Gasteiger charge is 2.32. The van der Waals surface area contributed by atoms with Crippen LogP contribution in [-0.2, 0) is 12.7 Å². The second-order valence-electron chi connectivity index (χ2n) is 2.77. The summed E-state index contributed by atoms with van der Waals surface area (Å²) in [6.07, 6.45) is -4.45. The van der Waals surface area contributed by atoms with Crippen molar-refractivity contribution < 1.29 is 17.6 Å². The van der Waals surface area contributed by atoms with Crippen LogP contribution < -0.4 is 0 Å². The van der Waals surface area contributed by atoms with E-state index in [1.54, 1.807) is 0 Å². The molecule has 1 aromatic rings. The van der Waals surface area contributed by atoms with Crippen molar-refractivity contribution in [2.45, 2.75) is 12.7 Å². The number of benzene rings is 1. The summed E-state index contributed by atoms with van der Waals surface area (Å²) in [5.74, 6) is -0.684. The van der Waals surface area contributed by atoms with Crippen LogP contribution >= 0.6 is 0 Å². The fourth-order valence-electron chi connectivity index (χ4n) is 1.14. The minimum absolute atomic E-state index is 0.132. The summed E-state index contributed by atoms with van der Waals surface area (Å²) in [6, 6.07) is 2.38. The van der Waals surface area contributed by atoms with E-state index < -0.39 is 17.6 Å². The summed E-state index contributed by atoms with van der Waals surface area (Å²) in [5.41, 5.74) is -0.968. The molecule has 78 valence electrons. The van der Waals surface area contributed by atoms with Gasteiger partial charge in [0.2, 0.25) is 0 Å². The molecular formula is C9H8F4N-. The molecule has 0 spiro atoms. The molecule has 1 rings (SSSR count). The average Bonchev–Trinajstić information content (AvgIpc) is 2.02. The van der Waals surface area contributed by atoms with Crippen molar-refractivity contribution in [2.75, 3.05) is 7.05 Å². The van der Waals surface area contributed by atoms with Crippen molar-refractivity contribution in [3.63, 3.8) is 0 Å². The topological polar surface area (TPSA) is 14.1 Å². The number of nitrogens with zero attached hydrogens (tertiary/aromatic N) is 1. The number of alkyl halides is 3. The Hall–Kier alpha value is -1.10. The maximum atomic E-state index is 12.6. The standard InChI is InChI=1S/C9H8F4N/c1-14-5-6-4-7(10)2-3-8(6)9(11,12)13/h2-4H,5H2,1H3/q-1. The van der Waals surface area contributed by atoms with Crippen LogP contribution in [0.4, 0.5) is 17.6 Å². The molecule has 0 N–H and O–H groups in total. The summed E-state index contributed by atoms with van der Waals surface area (Å²) >= 11 is 0. The Morgan fingerprint density at radius 3 is 2.43 bits per heavy atom. The smallest absolute Gasteiger partial charge is 0.416 e. The molecule has 0 saturated heterocycles. The molecule has 0 amide bonds. The van der Waals surface area contributed by atoms with Crippen LogP contribution in [0.15, 0.2) is 18.2 Å². The third-order valence-electron chi connectivity index (χ3n) is 1.70. The third kappa shape index (κ3) is 2.45. The van der Waals surface area contributed by atoms with E-state index >= 15 is 0 Å². The van der Waals surface area contributed by atoms with Crippen molar-refractivity contribution in [3.8, 4) is 0 Å². The highest BCUT2D eigenvalue weighted by Crippen LogP contribution is 2.32. The molecule has 0 aliphatic rings. The molecule has 1 aromatic carbocycles. The highest BCUT2D eigenvalue weighted by molar-refractivity contribution is 5.31. The summed E-state index contributed by atoms with van der Waals surface area (Å²) in [4.78, 5) is 0. The molecule has 14 heavy (non-hydrogen) atoms. The van der Waals surface area contributed by atoms with Gasteiger partial charge in [0.1, 0.15) is 5.82 Å². The summed E-state index contributed by atoms with van der Waals surface area (Å²) in [6.45, 7) is -0.132. The van der Waals surface area contributed by atoms with Gasteiger partial charge < -0.3 is 5.32 Å². The van der Waals surface area contributed by atoms with Crippen LogP contribution in [0.3, 0.4) is 0 Å². The number of halogens is 4. The number of hydrogen-bond donors (Lipinski definition) is 0. The molecule has 1 nitrogen and oxygen atoms in total. The van der Waals surface area contributed by atoms with E-state index in [1.165, 1.54) is 7.05 Å². The molecular weight excluding hydrogens is 198 g/mol. The minimum Gasteiger partial charge on any atom is -0.661 e. The van der Waals surface area contributed by atoms with Crippen LogP contribution in [-0.4, -0.2) is 7.05 Å². The molecule has 0 radical (unpaired) electrons. The lowest BCUT2D eigenvalue weighted by Gasteiger charge is -2.17. The maximum Gasteiger partial charge on any atom is 0.416 e. The lowest BCUT2D eigenvalue weighted by Crippen LogP contribution is -2.09. The van der Waals surface area contributed by atoms with Gasteiger partial charge in [-0.2, -0.15) is 20.2 Å². The Balaban J connectivity index is 3.15. The van der Waals surface area contributed by atoms with Crippen LogP contribution in [0.2, 0.25) is 0 Å².